The van der Waals surface area contributed by atoms with E-state index in [4.69, 9.17) is 5.11 Å². The third kappa shape index (κ3) is 1.64. The largest absolute Gasteiger partial charge is 0.483 e. The second-order valence-electron chi connectivity index (χ2n) is 2.09. The van der Waals surface area contributed by atoms with Crippen LogP contribution >= 0.6 is 0 Å². The third-order valence-electron chi connectivity index (χ3n) is 1.43. The molecule has 0 heterocycles. The summed E-state index contributed by atoms with van der Waals surface area (Å²) in [6.45, 7) is -2.53. The predicted octanol–water partition coefficient (Wildman–Crippen LogP) is -0.412. The van der Waals surface area contributed by atoms with Gasteiger partial charge in [-0.1, -0.05) is 0 Å². The smallest absolute Gasteiger partial charge is 0.382 e. The summed E-state index contributed by atoms with van der Waals surface area (Å²) in [5.74, 6) is 0. The Morgan fingerprint density at radius 1 is 1.33 bits per heavy atom. The SMILES string of the molecule is O=[N+]([O-])C(CO)(CCF)[N+](=O)[O-]. The molecule has 0 bridgehead atoms. The van der Waals surface area contributed by atoms with Crippen molar-refractivity contribution >= 4 is 0 Å². The van der Waals surface area contributed by atoms with Gasteiger partial charge in [0.15, 0.2) is 6.61 Å². The lowest BCUT2D eigenvalue weighted by Gasteiger charge is -2.12. The Morgan fingerprint density at radius 2 is 1.75 bits per heavy atom. The van der Waals surface area contributed by atoms with Crippen molar-refractivity contribution in [2.24, 2.45) is 0 Å². The van der Waals surface area contributed by atoms with Crippen LogP contribution in [0.4, 0.5) is 4.39 Å². The maximum atomic E-state index is 11.7. The van der Waals surface area contributed by atoms with E-state index < -0.39 is 35.2 Å². The van der Waals surface area contributed by atoms with Crippen LogP contribution in [0.5, 0.6) is 0 Å². The highest BCUT2D eigenvalue weighted by molar-refractivity contribution is 4.64. The van der Waals surface area contributed by atoms with Gasteiger partial charge in [-0.25, -0.2) is 0 Å². The normalized spacial score (nSPS) is 11.2. The van der Waals surface area contributed by atoms with Crippen LogP contribution in [0.3, 0.4) is 0 Å². The standard InChI is InChI=1S/C4H7FN2O5/c5-2-1-4(3-8,6(9)10)7(11)12/h8H,1-3H2. The molecule has 12 heavy (non-hydrogen) atoms. The van der Waals surface area contributed by atoms with E-state index in [1.165, 1.54) is 0 Å². The van der Waals surface area contributed by atoms with Gasteiger partial charge < -0.3 is 5.11 Å². The topological polar surface area (TPSA) is 107 Å². The lowest BCUT2D eigenvalue weighted by Crippen LogP contribution is -2.50. The van der Waals surface area contributed by atoms with Crippen LogP contribution in [0.2, 0.25) is 0 Å². The molecule has 0 unspecified atom stereocenters. The molecule has 0 amide bonds. The van der Waals surface area contributed by atoms with Crippen LogP contribution in [-0.4, -0.2) is 33.9 Å². The third-order valence-corrected chi connectivity index (χ3v) is 1.43. The lowest BCUT2D eigenvalue weighted by molar-refractivity contribution is -0.799. The molecule has 0 saturated carbocycles. The Kier molecular flexibility index (Phi) is 3.48. The highest BCUT2D eigenvalue weighted by atomic mass is 19.1. The van der Waals surface area contributed by atoms with Crippen molar-refractivity contribution in [2.45, 2.75) is 12.1 Å². The molecule has 0 spiro atoms. The van der Waals surface area contributed by atoms with Crippen molar-refractivity contribution in [1.29, 1.82) is 0 Å². The number of halogens is 1. The van der Waals surface area contributed by atoms with E-state index in [2.05, 4.69) is 0 Å². The van der Waals surface area contributed by atoms with E-state index in [1.807, 2.05) is 0 Å². The Morgan fingerprint density at radius 3 is 1.83 bits per heavy atom. The van der Waals surface area contributed by atoms with Gasteiger partial charge in [0, 0.05) is 0 Å². The minimum absolute atomic E-state index is 0.927. The number of aliphatic hydroxyl groups is 1. The van der Waals surface area contributed by atoms with E-state index >= 15 is 0 Å². The molecule has 0 rings (SSSR count). The number of rotatable bonds is 5. The first-order valence-electron chi connectivity index (χ1n) is 2.97. The van der Waals surface area contributed by atoms with Gasteiger partial charge in [-0.2, -0.15) is 0 Å². The van der Waals surface area contributed by atoms with Crippen molar-refractivity contribution < 1.29 is 19.3 Å². The van der Waals surface area contributed by atoms with Crippen molar-refractivity contribution in [2.75, 3.05) is 13.3 Å². The van der Waals surface area contributed by atoms with Gasteiger partial charge in [0.05, 0.1) is 0 Å². The van der Waals surface area contributed by atoms with Gasteiger partial charge in [0.1, 0.15) is 22.9 Å². The minimum Gasteiger partial charge on any atom is -0.382 e. The molecule has 0 radical (unpaired) electrons. The predicted molar refractivity (Wildman–Crippen MR) is 34.4 cm³/mol. The van der Waals surface area contributed by atoms with Crippen LogP contribution in [0.25, 0.3) is 0 Å². The molecule has 0 aromatic rings. The zero-order chi connectivity index (χ0) is 9.78. The highest BCUT2D eigenvalue weighted by Gasteiger charge is 2.55. The summed E-state index contributed by atoms with van der Waals surface area (Å²) in [5, 5.41) is 28.6. The Bertz CT molecular complexity index is 182. The summed E-state index contributed by atoms with van der Waals surface area (Å²) in [5.41, 5.74) is -2.78. The fraction of sp³-hybridized carbons (Fsp3) is 1.00. The van der Waals surface area contributed by atoms with Crippen molar-refractivity contribution in [1.82, 2.24) is 0 Å². The molecule has 0 aromatic carbocycles. The molecule has 0 saturated heterocycles. The van der Waals surface area contributed by atoms with Gasteiger partial charge in [-0.3, -0.25) is 24.6 Å². The molecule has 1 N–H and O–H groups in total. The second-order valence-corrected chi connectivity index (χ2v) is 2.09. The van der Waals surface area contributed by atoms with Crippen LogP contribution < -0.4 is 0 Å². The maximum Gasteiger partial charge on any atom is 0.483 e. The molecule has 0 aromatic heterocycles. The second kappa shape index (κ2) is 3.90. The Balaban J connectivity index is 4.76. The number of nitrogens with zero attached hydrogens (tertiary/aromatic N) is 2. The summed E-state index contributed by atoms with van der Waals surface area (Å²) in [4.78, 5) is 17.7. The Labute approximate surface area is 66.1 Å². The van der Waals surface area contributed by atoms with Crippen molar-refractivity contribution in [3.05, 3.63) is 20.2 Å². The fourth-order valence-corrected chi connectivity index (χ4v) is 0.595. The van der Waals surface area contributed by atoms with E-state index in [0.29, 0.717) is 0 Å². The number of alkyl halides is 1. The van der Waals surface area contributed by atoms with Gasteiger partial charge in [-0.05, 0) is 0 Å². The molecule has 0 fully saturated rings. The summed E-state index contributed by atoms with van der Waals surface area (Å²) in [7, 11) is 0. The molecular weight excluding hydrogens is 175 g/mol. The van der Waals surface area contributed by atoms with Gasteiger partial charge >= 0.3 is 5.66 Å². The molecule has 0 atom stereocenters. The molecule has 0 aliphatic carbocycles. The first kappa shape index (κ1) is 10.7. The minimum atomic E-state index is -2.78. The highest BCUT2D eigenvalue weighted by Crippen LogP contribution is 2.15. The van der Waals surface area contributed by atoms with E-state index in [9.17, 15) is 24.6 Å². The zero-order valence-electron chi connectivity index (χ0n) is 5.97. The van der Waals surface area contributed by atoms with E-state index in [-0.39, 0.29) is 0 Å². The lowest BCUT2D eigenvalue weighted by atomic mass is 10.1. The van der Waals surface area contributed by atoms with Crippen LogP contribution in [0, 0.1) is 20.2 Å². The maximum absolute atomic E-state index is 11.7. The summed E-state index contributed by atoms with van der Waals surface area (Å²) in [6, 6.07) is 0. The van der Waals surface area contributed by atoms with Crippen LogP contribution in [-0.2, 0) is 0 Å². The van der Waals surface area contributed by atoms with E-state index in [1.54, 1.807) is 0 Å². The molecule has 0 aliphatic heterocycles. The molecule has 8 heteroatoms. The quantitative estimate of drug-likeness (QED) is 0.353. The summed E-state index contributed by atoms with van der Waals surface area (Å²) in [6.07, 6.45) is -0.927. The molecule has 70 valence electrons. The number of hydrogen-bond acceptors (Lipinski definition) is 5. The average Bonchev–Trinajstić information content (AvgIpc) is 1.98. The first-order chi connectivity index (χ1) is 5.51. The molecule has 7 nitrogen and oxygen atoms in total. The average molecular weight is 182 g/mol. The summed E-state index contributed by atoms with van der Waals surface area (Å²) >= 11 is 0. The zero-order valence-corrected chi connectivity index (χ0v) is 5.97. The van der Waals surface area contributed by atoms with Crippen LogP contribution in [0.15, 0.2) is 0 Å². The molecular formula is C4H7FN2O5. The summed E-state index contributed by atoms with van der Waals surface area (Å²) < 4.78 is 11.7. The monoisotopic (exact) mass is 182 g/mol. The van der Waals surface area contributed by atoms with Crippen molar-refractivity contribution in [3.8, 4) is 0 Å². The first-order valence-corrected chi connectivity index (χ1v) is 2.97. The van der Waals surface area contributed by atoms with Gasteiger partial charge in [0.25, 0.3) is 0 Å². The van der Waals surface area contributed by atoms with Crippen LogP contribution in [0.1, 0.15) is 6.42 Å². The van der Waals surface area contributed by atoms with Gasteiger partial charge in [-0.15, -0.1) is 0 Å². The Hall–Kier alpha value is -1.31. The van der Waals surface area contributed by atoms with Gasteiger partial charge in [0.2, 0.25) is 0 Å². The van der Waals surface area contributed by atoms with Crippen molar-refractivity contribution in [3.63, 3.8) is 0 Å². The molecule has 0 aliphatic rings. The fourth-order valence-electron chi connectivity index (χ4n) is 0.595. The number of hydrogen-bond donors (Lipinski definition) is 1. The van der Waals surface area contributed by atoms with E-state index in [0.717, 1.165) is 0 Å². The number of aliphatic hydroxyl groups excluding tert-OH is 1. The number of nitro groups is 2.